The fourth-order valence-electron chi connectivity index (χ4n) is 3.31. The number of thioether (sulfide) groups is 1. The van der Waals surface area contributed by atoms with Gasteiger partial charge in [-0.2, -0.15) is 0 Å². The van der Waals surface area contributed by atoms with Crippen LogP contribution in [0.3, 0.4) is 0 Å². The Morgan fingerprint density at radius 1 is 1.22 bits per heavy atom. The van der Waals surface area contributed by atoms with Gasteiger partial charge in [0, 0.05) is 17.9 Å². The molecule has 1 fully saturated rings. The molecule has 2 aliphatic rings. The van der Waals surface area contributed by atoms with Crippen molar-refractivity contribution in [1.82, 2.24) is 4.90 Å². The van der Waals surface area contributed by atoms with Crippen molar-refractivity contribution in [1.29, 1.82) is 0 Å². The predicted molar refractivity (Wildman–Crippen MR) is 111 cm³/mol. The molecule has 0 unspecified atom stereocenters. The molecule has 136 valence electrons. The van der Waals surface area contributed by atoms with Gasteiger partial charge in [-0.1, -0.05) is 48.2 Å². The third kappa shape index (κ3) is 3.48. The van der Waals surface area contributed by atoms with Crippen molar-refractivity contribution >= 4 is 57.6 Å². The lowest BCUT2D eigenvalue weighted by atomic mass is 10.1. The molecule has 5 nitrogen and oxygen atoms in total. The van der Waals surface area contributed by atoms with Gasteiger partial charge < -0.3 is 10.0 Å². The van der Waals surface area contributed by atoms with Crippen LogP contribution in [0.1, 0.15) is 11.1 Å². The molecule has 1 saturated heterocycles. The van der Waals surface area contributed by atoms with E-state index in [1.807, 2.05) is 24.3 Å². The Labute approximate surface area is 166 Å². The molecule has 0 aliphatic carbocycles. The molecule has 0 saturated carbocycles. The van der Waals surface area contributed by atoms with Crippen molar-refractivity contribution in [2.45, 2.75) is 6.42 Å². The number of carbonyl (C=O) groups is 2. The van der Waals surface area contributed by atoms with Gasteiger partial charge in [0.25, 0.3) is 5.91 Å². The Hall–Kier alpha value is -2.64. The minimum Gasteiger partial charge on any atom is -0.480 e. The van der Waals surface area contributed by atoms with Gasteiger partial charge in [0.2, 0.25) is 0 Å². The first-order chi connectivity index (χ1) is 13.0. The van der Waals surface area contributed by atoms with Crippen LogP contribution in [0.4, 0.5) is 11.4 Å². The molecule has 0 atom stereocenters. The summed E-state index contributed by atoms with van der Waals surface area (Å²) >= 11 is 6.28. The highest BCUT2D eigenvalue weighted by atomic mass is 32.2. The van der Waals surface area contributed by atoms with Gasteiger partial charge in [-0.25, -0.2) is 0 Å². The molecule has 2 aliphatic heterocycles. The zero-order valence-electron chi connectivity index (χ0n) is 14.3. The van der Waals surface area contributed by atoms with Crippen molar-refractivity contribution < 1.29 is 14.7 Å². The molecular formula is C20H16N2O3S2. The van der Waals surface area contributed by atoms with Crippen molar-refractivity contribution in [3.63, 3.8) is 0 Å². The van der Waals surface area contributed by atoms with Crippen molar-refractivity contribution in [2.75, 3.05) is 18.0 Å². The van der Waals surface area contributed by atoms with E-state index in [4.69, 9.17) is 17.3 Å². The summed E-state index contributed by atoms with van der Waals surface area (Å²) in [6, 6.07) is 16.4. The smallest absolute Gasteiger partial charge is 0.323 e. The first-order valence-corrected chi connectivity index (χ1v) is 9.68. The zero-order chi connectivity index (χ0) is 19.0. The second-order valence-corrected chi connectivity index (χ2v) is 7.96. The van der Waals surface area contributed by atoms with E-state index in [2.05, 4.69) is 29.2 Å². The SMILES string of the molecule is O=C(O)CN1C(=O)/C(=C/c2ccc3c(c2)CCN3c2ccccc2)SC1=S. The number of carboxylic acid groups (broad SMARTS) is 1. The molecule has 2 aromatic carbocycles. The van der Waals surface area contributed by atoms with Gasteiger partial charge in [0.15, 0.2) is 0 Å². The van der Waals surface area contributed by atoms with Crippen LogP contribution in [0.2, 0.25) is 0 Å². The molecule has 0 spiro atoms. The van der Waals surface area contributed by atoms with Crippen LogP contribution < -0.4 is 4.90 Å². The quantitative estimate of drug-likeness (QED) is 0.629. The Morgan fingerprint density at radius 2 is 2.00 bits per heavy atom. The third-order valence-corrected chi connectivity index (χ3v) is 5.91. The Kier molecular flexibility index (Phi) is 4.72. The number of benzene rings is 2. The lowest BCUT2D eigenvalue weighted by Gasteiger charge is -2.19. The molecular weight excluding hydrogens is 380 g/mol. The fourth-order valence-corrected chi connectivity index (χ4v) is 4.57. The summed E-state index contributed by atoms with van der Waals surface area (Å²) in [4.78, 5) is 27.2. The topological polar surface area (TPSA) is 60.9 Å². The molecule has 1 amide bonds. The minimum atomic E-state index is -1.08. The number of carboxylic acids is 1. The summed E-state index contributed by atoms with van der Waals surface area (Å²) in [7, 11) is 0. The van der Waals surface area contributed by atoms with E-state index < -0.39 is 12.5 Å². The van der Waals surface area contributed by atoms with Crippen LogP contribution in [-0.4, -0.2) is 39.3 Å². The third-order valence-electron chi connectivity index (χ3n) is 4.53. The summed E-state index contributed by atoms with van der Waals surface area (Å²) in [5.74, 6) is -1.43. The van der Waals surface area contributed by atoms with Gasteiger partial charge in [-0.15, -0.1) is 0 Å². The highest BCUT2D eigenvalue weighted by molar-refractivity contribution is 8.26. The van der Waals surface area contributed by atoms with E-state index in [-0.39, 0.29) is 10.2 Å². The lowest BCUT2D eigenvalue weighted by molar-refractivity contribution is -0.140. The Balaban J connectivity index is 1.59. The highest BCUT2D eigenvalue weighted by Crippen LogP contribution is 2.37. The van der Waals surface area contributed by atoms with E-state index in [0.717, 1.165) is 35.2 Å². The van der Waals surface area contributed by atoms with E-state index in [1.54, 1.807) is 6.08 Å². The second kappa shape index (κ2) is 7.17. The lowest BCUT2D eigenvalue weighted by Crippen LogP contribution is -2.33. The van der Waals surface area contributed by atoms with E-state index >= 15 is 0 Å². The van der Waals surface area contributed by atoms with E-state index in [0.29, 0.717) is 4.91 Å². The zero-order valence-corrected chi connectivity index (χ0v) is 15.9. The van der Waals surface area contributed by atoms with Crippen LogP contribution >= 0.6 is 24.0 Å². The van der Waals surface area contributed by atoms with E-state index in [9.17, 15) is 9.59 Å². The number of aliphatic carboxylic acids is 1. The normalized spacial score (nSPS) is 17.7. The van der Waals surface area contributed by atoms with Gasteiger partial charge >= 0.3 is 5.97 Å². The van der Waals surface area contributed by atoms with Crippen molar-refractivity contribution in [2.24, 2.45) is 0 Å². The number of fused-ring (bicyclic) bond motifs is 1. The molecule has 1 N–H and O–H groups in total. The minimum absolute atomic E-state index is 0.282. The standard InChI is InChI=1S/C20H16N2O3S2/c23-18(24)12-22-19(25)17(27-20(22)26)11-13-6-7-16-14(10-13)8-9-21(16)15-4-2-1-3-5-15/h1-7,10-11H,8-9,12H2,(H,23,24)/b17-11-. The van der Waals surface area contributed by atoms with Crippen molar-refractivity contribution in [3.8, 4) is 0 Å². The first kappa shape index (κ1) is 17.8. The van der Waals surface area contributed by atoms with Gasteiger partial charge in [-0.3, -0.25) is 14.5 Å². The number of carbonyl (C=O) groups excluding carboxylic acids is 1. The van der Waals surface area contributed by atoms with E-state index in [1.165, 1.54) is 16.9 Å². The van der Waals surface area contributed by atoms with Crippen LogP contribution in [0.5, 0.6) is 0 Å². The highest BCUT2D eigenvalue weighted by Gasteiger charge is 2.33. The molecule has 7 heteroatoms. The number of hydrogen-bond acceptors (Lipinski definition) is 5. The maximum Gasteiger partial charge on any atom is 0.323 e. The maximum atomic E-state index is 12.4. The second-order valence-electron chi connectivity index (χ2n) is 6.29. The molecule has 0 radical (unpaired) electrons. The molecule has 2 heterocycles. The molecule has 0 bridgehead atoms. The fraction of sp³-hybridized carbons (Fsp3) is 0.150. The number of hydrogen-bond donors (Lipinski definition) is 1. The average Bonchev–Trinajstić information content (AvgIpc) is 3.18. The summed E-state index contributed by atoms with van der Waals surface area (Å²) < 4.78 is 0.282. The number of rotatable bonds is 4. The summed E-state index contributed by atoms with van der Waals surface area (Å²) in [5, 5.41) is 8.92. The van der Waals surface area contributed by atoms with Crippen molar-refractivity contribution in [3.05, 3.63) is 64.6 Å². The number of para-hydroxylation sites is 1. The number of anilines is 2. The number of nitrogens with zero attached hydrogens (tertiary/aromatic N) is 2. The predicted octanol–water partition coefficient (Wildman–Crippen LogP) is 3.67. The maximum absolute atomic E-state index is 12.4. The van der Waals surface area contributed by atoms with Crippen LogP contribution in [0.15, 0.2) is 53.4 Å². The average molecular weight is 396 g/mol. The number of thiocarbonyl (C=S) groups is 1. The molecule has 4 rings (SSSR count). The number of amides is 1. The first-order valence-electron chi connectivity index (χ1n) is 8.45. The van der Waals surface area contributed by atoms with Gasteiger partial charge in [0.1, 0.15) is 10.9 Å². The summed E-state index contributed by atoms with van der Waals surface area (Å²) in [5.41, 5.74) is 4.49. The van der Waals surface area contributed by atoms with Gasteiger partial charge in [0.05, 0.1) is 4.91 Å². The largest absolute Gasteiger partial charge is 0.480 e. The van der Waals surface area contributed by atoms with Crippen LogP contribution in [0.25, 0.3) is 6.08 Å². The molecule has 27 heavy (non-hydrogen) atoms. The van der Waals surface area contributed by atoms with Crippen LogP contribution in [0, 0.1) is 0 Å². The van der Waals surface area contributed by atoms with Gasteiger partial charge in [-0.05, 0) is 47.9 Å². The van der Waals surface area contributed by atoms with Crippen LogP contribution in [-0.2, 0) is 16.0 Å². The molecule has 2 aromatic rings. The molecule has 0 aromatic heterocycles. The summed E-state index contributed by atoms with van der Waals surface area (Å²) in [6.45, 7) is 0.516. The monoisotopic (exact) mass is 396 g/mol. The Bertz CT molecular complexity index is 972. The Morgan fingerprint density at radius 3 is 2.74 bits per heavy atom. The summed E-state index contributed by atoms with van der Waals surface area (Å²) in [6.07, 6.45) is 2.72.